The SMILES string of the molecule is O=C=NCCCCCCNC(=O)C(CCCCCCN=C=O)C(=O)NN=C=O. The molecule has 0 fully saturated rings. The van der Waals surface area contributed by atoms with E-state index in [1.807, 2.05) is 5.43 Å². The summed E-state index contributed by atoms with van der Waals surface area (Å²) in [6.45, 7) is 1.31. The van der Waals surface area contributed by atoms with Gasteiger partial charge in [0.05, 0.1) is 13.1 Å². The van der Waals surface area contributed by atoms with Gasteiger partial charge in [0.1, 0.15) is 5.92 Å². The van der Waals surface area contributed by atoms with E-state index in [1.165, 1.54) is 18.2 Å². The predicted molar refractivity (Wildman–Crippen MR) is 100 cm³/mol. The molecule has 28 heavy (non-hydrogen) atoms. The van der Waals surface area contributed by atoms with Crippen LogP contribution in [0.2, 0.25) is 0 Å². The zero-order valence-electron chi connectivity index (χ0n) is 15.9. The van der Waals surface area contributed by atoms with Gasteiger partial charge in [0.2, 0.25) is 18.1 Å². The molecule has 1 atom stereocenters. The lowest BCUT2D eigenvalue weighted by molar-refractivity contribution is -0.135. The minimum Gasteiger partial charge on any atom is -0.355 e. The minimum atomic E-state index is -0.938. The largest absolute Gasteiger partial charge is 0.355 e. The average Bonchev–Trinajstić information content (AvgIpc) is 2.70. The van der Waals surface area contributed by atoms with E-state index in [-0.39, 0.29) is 0 Å². The van der Waals surface area contributed by atoms with E-state index >= 15 is 0 Å². The van der Waals surface area contributed by atoms with Crippen molar-refractivity contribution in [1.82, 2.24) is 10.7 Å². The Hall–Kier alpha value is -2.92. The van der Waals surface area contributed by atoms with Crippen LogP contribution in [0.25, 0.3) is 0 Å². The summed E-state index contributed by atoms with van der Waals surface area (Å²) >= 11 is 0. The van der Waals surface area contributed by atoms with Crippen LogP contribution < -0.4 is 10.7 Å². The van der Waals surface area contributed by atoms with Crippen LogP contribution in [-0.2, 0) is 24.0 Å². The first-order valence-corrected chi connectivity index (χ1v) is 9.39. The number of nitrogens with one attached hydrogen (secondary N) is 2. The fourth-order valence-electron chi connectivity index (χ4n) is 2.53. The van der Waals surface area contributed by atoms with Crippen molar-refractivity contribution in [1.29, 1.82) is 0 Å². The van der Waals surface area contributed by atoms with Crippen molar-refractivity contribution in [2.75, 3.05) is 19.6 Å². The maximum absolute atomic E-state index is 12.3. The number of rotatable bonds is 17. The number of hydrogen-bond donors (Lipinski definition) is 2. The molecule has 0 saturated heterocycles. The van der Waals surface area contributed by atoms with Gasteiger partial charge >= 0.3 is 0 Å². The third-order valence-corrected chi connectivity index (χ3v) is 3.98. The van der Waals surface area contributed by atoms with Crippen molar-refractivity contribution in [2.24, 2.45) is 21.0 Å². The van der Waals surface area contributed by atoms with Gasteiger partial charge in [0.15, 0.2) is 0 Å². The van der Waals surface area contributed by atoms with E-state index in [2.05, 4.69) is 20.4 Å². The van der Waals surface area contributed by atoms with Crippen LogP contribution >= 0.6 is 0 Å². The lowest BCUT2D eigenvalue weighted by Crippen LogP contribution is -2.40. The van der Waals surface area contributed by atoms with Gasteiger partial charge in [0.25, 0.3) is 12.0 Å². The number of carbonyl (C=O) groups is 2. The maximum atomic E-state index is 12.3. The molecule has 10 heteroatoms. The molecular formula is C18H27N5O5. The molecule has 0 heterocycles. The van der Waals surface area contributed by atoms with Crippen LogP contribution in [0.5, 0.6) is 0 Å². The zero-order chi connectivity index (χ0) is 20.9. The predicted octanol–water partition coefficient (Wildman–Crippen LogP) is 1.27. The minimum absolute atomic E-state index is 0.326. The Morgan fingerprint density at radius 2 is 1.29 bits per heavy atom. The van der Waals surface area contributed by atoms with Crippen molar-refractivity contribution in [3.8, 4) is 0 Å². The highest BCUT2D eigenvalue weighted by atomic mass is 16.2. The number of amides is 2. The molecule has 0 aliphatic carbocycles. The molecule has 0 rings (SSSR count). The topological polar surface area (TPSA) is 146 Å². The quantitative estimate of drug-likeness (QED) is 0.126. The number of hydrogen-bond acceptors (Lipinski definition) is 8. The van der Waals surface area contributed by atoms with Crippen LogP contribution in [-0.4, -0.2) is 49.7 Å². The van der Waals surface area contributed by atoms with Gasteiger partial charge in [-0.3, -0.25) is 9.59 Å². The van der Waals surface area contributed by atoms with E-state index in [0.717, 1.165) is 44.9 Å². The van der Waals surface area contributed by atoms with Crippen LogP contribution in [0, 0.1) is 5.92 Å². The van der Waals surface area contributed by atoms with Crippen molar-refractivity contribution in [2.45, 2.75) is 57.8 Å². The summed E-state index contributed by atoms with van der Waals surface area (Å²) < 4.78 is 0. The second-order valence-corrected chi connectivity index (χ2v) is 6.09. The fraction of sp³-hybridized carbons (Fsp3) is 0.722. The van der Waals surface area contributed by atoms with Gasteiger partial charge in [-0.2, -0.15) is 0 Å². The Bertz CT molecular complexity index is 605. The molecular weight excluding hydrogens is 366 g/mol. The van der Waals surface area contributed by atoms with E-state index in [0.29, 0.717) is 32.5 Å². The molecule has 0 aromatic carbocycles. The molecule has 0 aromatic rings. The second-order valence-electron chi connectivity index (χ2n) is 6.09. The van der Waals surface area contributed by atoms with Gasteiger partial charge in [0, 0.05) is 6.54 Å². The van der Waals surface area contributed by atoms with E-state index in [4.69, 9.17) is 0 Å². The molecule has 0 aliphatic heterocycles. The molecule has 10 nitrogen and oxygen atoms in total. The summed E-state index contributed by atoms with van der Waals surface area (Å²) in [7, 11) is 0. The van der Waals surface area contributed by atoms with E-state index in [9.17, 15) is 24.0 Å². The number of isocyanates is 3. The Morgan fingerprint density at radius 3 is 1.86 bits per heavy atom. The number of unbranched alkanes of at least 4 members (excludes halogenated alkanes) is 6. The number of carbonyl (C=O) groups excluding carboxylic acids is 5. The third kappa shape index (κ3) is 14.3. The van der Waals surface area contributed by atoms with Crippen molar-refractivity contribution in [3.05, 3.63) is 0 Å². The highest BCUT2D eigenvalue weighted by molar-refractivity contribution is 6.00. The van der Waals surface area contributed by atoms with Crippen molar-refractivity contribution >= 4 is 30.1 Å². The number of hydrazone groups is 1. The molecule has 2 amide bonds. The highest BCUT2D eigenvalue weighted by Crippen LogP contribution is 2.12. The highest BCUT2D eigenvalue weighted by Gasteiger charge is 2.25. The second kappa shape index (κ2) is 18.9. The van der Waals surface area contributed by atoms with Crippen LogP contribution in [0.3, 0.4) is 0 Å². The summed E-state index contributed by atoms with van der Waals surface area (Å²) in [5.41, 5.74) is 2.01. The van der Waals surface area contributed by atoms with Crippen LogP contribution in [0.15, 0.2) is 15.1 Å². The Kier molecular flexibility index (Phi) is 16.9. The summed E-state index contributed by atoms with van der Waals surface area (Å²) in [5.74, 6) is -1.99. The Morgan fingerprint density at radius 1 is 0.714 bits per heavy atom. The monoisotopic (exact) mass is 393 g/mol. The van der Waals surface area contributed by atoms with Crippen molar-refractivity contribution < 1.29 is 24.0 Å². The maximum Gasteiger partial charge on any atom is 0.258 e. The van der Waals surface area contributed by atoms with Gasteiger partial charge in [-0.05, 0) is 25.7 Å². The molecule has 1 unspecified atom stereocenters. The zero-order valence-corrected chi connectivity index (χ0v) is 15.9. The molecule has 154 valence electrons. The van der Waals surface area contributed by atoms with Crippen LogP contribution in [0.1, 0.15) is 57.8 Å². The lowest BCUT2D eigenvalue weighted by Gasteiger charge is -2.15. The molecule has 2 N–H and O–H groups in total. The Balaban J connectivity index is 4.24. The normalized spacial score (nSPS) is 10.6. The smallest absolute Gasteiger partial charge is 0.258 e. The molecule has 0 aliphatic rings. The summed E-state index contributed by atoms with van der Waals surface area (Å²) in [4.78, 5) is 61.3. The number of aliphatic imine (C=N–C) groups is 2. The van der Waals surface area contributed by atoms with Crippen LogP contribution in [0.4, 0.5) is 0 Å². The standard InChI is InChI=1S/C18H27N5O5/c24-13-19-10-6-2-1-5-9-16(18(28)23-22-15-26)17(27)21-12-8-4-3-7-11-20-14-25/h16H,1-12H2,(H,21,27)(H,23,28). The summed E-state index contributed by atoms with van der Waals surface area (Å²) in [6.07, 6.45) is 10.8. The van der Waals surface area contributed by atoms with Gasteiger partial charge < -0.3 is 5.32 Å². The van der Waals surface area contributed by atoms with Gasteiger partial charge in [-0.1, -0.05) is 37.2 Å². The number of nitrogens with zero attached hydrogens (tertiary/aromatic N) is 3. The van der Waals surface area contributed by atoms with Gasteiger partial charge in [-0.25, -0.2) is 29.8 Å². The first-order valence-electron chi connectivity index (χ1n) is 9.39. The Labute approximate surface area is 164 Å². The molecule has 0 radical (unpaired) electrons. The van der Waals surface area contributed by atoms with E-state index < -0.39 is 17.7 Å². The molecule has 0 bridgehead atoms. The first-order chi connectivity index (χ1) is 13.7. The van der Waals surface area contributed by atoms with Crippen molar-refractivity contribution in [3.63, 3.8) is 0 Å². The third-order valence-electron chi connectivity index (χ3n) is 3.98. The fourth-order valence-corrected chi connectivity index (χ4v) is 2.53. The average molecular weight is 393 g/mol. The lowest BCUT2D eigenvalue weighted by atomic mass is 9.99. The molecule has 0 saturated carbocycles. The molecule has 0 spiro atoms. The first kappa shape index (κ1) is 25.1. The van der Waals surface area contributed by atoms with E-state index in [1.54, 1.807) is 0 Å². The van der Waals surface area contributed by atoms with Gasteiger partial charge in [-0.15, -0.1) is 0 Å². The molecule has 0 aromatic heterocycles. The summed E-state index contributed by atoms with van der Waals surface area (Å²) in [6, 6.07) is 0. The summed E-state index contributed by atoms with van der Waals surface area (Å²) in [5, 5.41) is 5.76.